The lowest BCUT2D eigenvalue weighted by atomic mass is 9.79. The second-order valence-corrected chi connectivity index (χ2v) is 5.35. The molecule has 1 aliphatic carbocycles. The van der Waals surface area contributed by atoms with Gasteiger partial charge in [0.2, 0.25) is 11.8 Å². The predicted octanol–water partition coefficient (Wildman–Crippen LogP) is 0.130. The van der Waals surface area contributed by atoms with Crippen LogP contribution in [0.25, 0.3) is 0 Å². The molecule has 5 heteroatoms. The summed E-state index contributed by atoms with van der Waals surface area (Å²) in [6.45, 7) is 3.90. The summed E-state index contributed by atoms with van der Waals surface area (Å²) in [4.78, 5) is 22.7. The summed E-state index contributed by atoms with van der Waals surface area (Å²) < 4.78 is 0. The third kappa shape index (κ3) is 4.73. The third-order valence-electron chi connectivity index (χ3n) is 3.25. The topological polar surface area (TPSA) is 98.2 Å². The molecule has 0 aromatic rings. The van der Waals surface area contributed by atoms with Crippen LogP contribution in [0, 0.1) is 11.8 Å². The fourth-order valence-electron chi connectivity index (χ4n) is 2.58. The van der Waals surface area contributed by atoms with Crippen LogP contribution in [0.5, 0.6) is 0 Å². The van der Waals surface area contributed by atoms with Gasteiger partial charge < -0.3 is 16.8 Å². The summed E-state index contributed by atoms with van der Waals surface area (Å²) in [5.41, 5.74) is 11.0. The standard InChI is InChI=1S/C12H23N3O2/c1-7-3-9(6-10(13)4-7)12(17)15-8(2)5-11(14)16/h7-10H,3-6,13H2,1-2H3,(H2,14,16)(H,15,17). The number of nitrogens with one attached hydrogen (secondary N) is 1. The lowest BCUT2D eigenvalue weighted by Crippen LogP contribution is -2.43. The molecular weight excluding hydrogens is 218 g/mol. The summed E-state index contributed by atoms with van der Waals surface area (Å²) >= 11 is 0. The Morgan fingerprint density at radius 3 is 2.53 bits per heavy atom. The van der Waals surface area contributed by atoms with E-state index in [0.29, 0.717) is 5.92 Å². The van der Waals surface area contributed by atoms with Crippen LogP contribution < -0.4 is 16.8 Å². The summed E-state index contributed by atoms with van der Waals surface area (Å²) in [6, 6.07) is -0.0885. The normalized spacial score (nSPS) is 30.6. The Kier molecular flexibility index (Phi) is 4.93. The second kappa shape index (κ2) is 6.00. The van der Waals surface area contributed by atoms with Gasteiger partial charge in [0.15, 0.2) is 0 Å². The summed E-state index contributed by atoms with van der Waals surface area (Å²) in [5.74, 6) is 0.0669. The van der Waals surface area contributed by atoms with Crippen LogP contribution in [0.4, 0.5) is 0 Å². The molecule has 4 unspecified atom stereocenters. The molecule has 1 fully saturated rings. The van der Waals surface area contributed by atoms with E-state index in [1.807, 2.05) is 0 Å². The SMILES string of the molecule is CC1CC(N)CC(C(=O)NC(C)CC(N)=O)C1. The van der Waals surface area contributed by atoms with E-state index in [4.69, 9.17) is 11.5 Å². The lowest BCUT2D eigenvalue weighted by molar-refractivity contribution is -0.127. The van der Waals surface area contributed by atoms with Crippen molar-refractivity contribution in [2.45, 2.75) is 51.6 Å². The van der Waals surface area contributed by atoms with Crippen molar-refractivity contribution in [3.63, 3.8) is 0 Å². The monoisotopic (exact) mass is 241 g/mol. The fourth-order valence-corrected chi connectivity index (χ4v) is 2.58. The maximum absolute atomic E-state index is 12.0. The van der Waals surface area contributed by atoms with E-state index in [9.17, 15) is 9.59 Å². The molecule has 17 heavy (non-hydrogen) atoms. The zero-order valence-electron chi connectivity index (χ0n) is 10.6. The average molecular weight is 241 g/mol. The molecule has 98 valence electrons. The van der Waals surface area contributed by atoms with Crippen molar-refractivity contribution in [1.29, 1.82) is 0 Å². The van der Waals surface area contributed by atoms with E-state index in [1.54, 1.807) is 6.92 Å². The van der Waals surface area contributed by atoms with Crippen molar-refractivity contribution in [1.82, 2.24) is 5.32 Å². The minimum Gasteiger partial charge on any atom is -0.370 e. The van der Waals surface area contributed by atoms with Crippen molar-refractivity contribution >= 4 is 11.8 Å². The van der Waals surface area contributed by atoms with Gasteiger partial charge in [-0.2, -0.15) is 0 Å². The van der Waals surface area contributed by atoms with Crippen molar-refractivity contribution < 1.29 is 9.59 Å². The molecule has 0 bridgehead atoms. The molecule has 0 heterocycles. The Morgan fingerprint density at radius 2 is 2.00 bits per heavy atom. The zero-order valence-corrected chi connectivity index (χ0v) is 10.6. The Balaban J connectivity index is 2.43. The number of carbonyl (C=O) groups excluding carboxylic acids is 2. The maximum Gasteiger partial charge on any atom is 0.223 e. The molecule has 1 aliphatic rings. The Bertz CT molecular complexity index is 283. The highest BCUT2D eigenvalue weighted by Gasteiger charge is 2.29. The maximum atomic E-state index is 12.0. The average Bonchev–Trinajstić information content (AvgIpc) is 2.14. The first-order valence-electron chi connectivity index (χ1n) is 6.22. The molecule has 2 amide bonds. The highest BCUT2D eigenvalue weighted by Crippen LogP contribution is 2.28. The first-order chi connectivity index (χ1) is 7.88. The van der Waals surface area contributed by atoms with E-state index in [2.05, 4.69) is 12.2 Å². The predicted molar refractivity (Wildman–Crippen MR) is 65.9 cm³/mol. The molecule has 5 N–H and O–H groups in total. The summed E-state index contributed by atoms with van der Waals surface area (Å²) in [6.07, 6.45) is 2.78. The van der Waals surface area contributed by atoms with Gasteiger partial charge in [-0.25, -0.2) is 0 Å². The Hall–Kier alpha value is -1.10. The Morgan fingerprint density at radius 1 is 1.35 bits per heavy atom. The van der Waals surface area contributed by atoms with Gasteiger partial charge in [0.1, 0.15) is 0 Å². The third-order valence-corrected chi connectivity index (χ3v) is 3.25. The minimum atomic E-state index is -0.397. The van der Waals surface area contributed by atoms with Crippen LogP contribution in [0.15, 0.2) is 0 Å². The smallest absolute Gasteiger partial charge is 0.223 e. The van der Waals surface area contributed by atoms with Gasteiger partial charge in [-0.3, -0.25) is 9.59 Å². The van der Waals surface area contributed by atoms with Crippen LogP contribution in [0.3, 0.4) is 0 Å². The number of hydrogen-bond acceptors (Lipinski definition) is 3. The van der Waals surface area contributed by atoms with Gasteiger partial charge in [0.25, 0.3) is 0 Å². The van der Waals surface area contributed by atoms with Crippen LogP contribution >= 0.6 is 0 Å². The molecule has 4 atom stereocenters. The summed E-state index contributed by atoms with van der Waals surface area (Å²) in [7, 11) is 0. The number of carbonyl (C=O) groups is 2. The molecule has 1 rings (SSSR count). The van der Waals surface area contributed by atoms with Crippen molar-refractivity contribution in [3.05, 3.63) is 0 Å². The van der Waals surface area contributed by atoms with Gasteiger partial charge in [-0.15, -0.1) is 0 Å². The van der Waals surface area contributed by atoms with Crippen LogP contribution in [0.1, 0.15) is 39.5 Å². The van der Waals surface area contributed by atoms with Crippen LogP contribution in [-0.4, -0.2) is 23.9 Å². The molecular formula is C12H23N3O2. The highest BCUT2D eigenvalue weighted by atomic mass is 16.2. The number of primary amides is 1. The van der Waals surface area contributed by atoms with Crippen molar-refractivity contribution in [3.8, 4) is 0 Å². The number of amides is 2. The van der Waals surface area contributed by atoms with Crippen molar-refractivity contribution in [2.75, 3.05) is 0 Å². The van der Waals surface area contributed by atoms with Gasteiger partial charge in [0, 0.05) is 24.4 Å². The number of hydrogen-bond donors (Lipinski definition) is 3. The van der Waals surface area contributed by atoms with E-state index in [-0.39, 0.29) is 30.3 Å². The first-order valence-corrected chi connectivity index (χ1v) is 6.22. The quantitative estimate of drug-likeness (QED) is 0.652. The van der Waals surface area contributed by atoms with Gasteiger partial charge >= 0.3 is 0 Å². The van der Waals surface area contributed by atoms with Crippen molar-refractivity contribution in [2.24, 2.45) is 23.3 Å². The molecule has 5 nitrogen and oxygen atoms in total. The molecule has 0 saturated heterocycles. The lowest BCUT2D eigenvalue weighted by Gasteiger charge is -2.31. The van der Waals surface area contributed by atoms with Gasteiger partial charge in [-0.05, 0) is 32.1 Å². The van der Waals surface area contributed by atoms with E-state index >= 15 is 0 Å². The van der Waals surface area contributed by atoms with E-state index in [1.165, 1.54) is 0 Å². The zero-order chi connectivity index (χ0) is 13.0. The van der Waals surface area contributed by atoms with Crippen LogP contribution in [-0.2, 0) is 9.59 Å². The largest absolute Gasteiger partial charge is 0.370 e. The molecule has 0 aromatic heterocycles. The first kappa shape index (κ1) is 14.0. The van der Waals surface area contributed by atoms with Crippen LogP contribution in [0.2, 0.25) is 0 Å². The molecule has 0 radical (unpaired) electrons. The molecule has 0 aromatic carbocycles. The number of nitrogens with two attached hydrogens (primary N) is 2. The Labute approximate surface area is 102 Å². The highest BCUT2D eigenvalue weighted by molar-refractivity contribution is 5.80. The summed E-state index contributed by atoms with van der Waals surface area (Å²) in [5, 5.41) is 2.83. The number of rotatable bonds is 4. The van der Waals surface area contributed by atoms with Gasteiger partial charge in [0.05, 0.1) is 0 Å². The fraction of sp³-hybridized carbons (Fsp3) is 0.833. The minimum absolute atomic E-state index is 0.000694. The van der Waals surface area contributed by atoms with Gasteiger partial charge in [-0.1, -0.05) is 6.92 Å². The molecule has 0 aliphatic heterocycles. The molecule has 0 spiro atoms. The second-order valence-electron chi connectivity index (χ2n) is 5.35. The van der Waals surface area contributed by atoms with E-state index in [0.717, 1.165) is 19.3 Å². The van der Waals surface area contributed by atoms with E-state index < -0.39 is 5.91 Å². The molecule has 1 saturated carbocycles.